The Morgan fingerprint density at radius 1 is 0.882 bits per heavy atom. The second kappa shape index (κ2) is 11.2. The first-order valence-corrected chi connectivity index (χ1v) is 12.3. The zero-order valence-electron chi connectivity index (χ0n) is 20.4. The van der Waals surface area contributed by atoms with E-state index >= 15 is 0 Å². The number of amides is 2. The molecule has 0 spiro atoms. The van der Waals surface area contributed by atoms with Gasteiger partial charge in [0.15, 0.2) is 0 Å². The van der Waals surface area contributed by atoms with Gasteiger partial charge in [-0.1, -0.05) is 39.0 Å². The van der Waals surface area contributed by atoms with Gasteiger partial charge in [-0.3, -0.25) is 9.59 Å². The molecule has 0 aliphatic rings. The summed E-state index contributed by atoms with van der Waals surface area (Å²) in [7, 11) is 0. The molecule has 0 saturated heterocycles. The lowest BCUT2D eigenvalue weighted by Crippen LogP contribution is -2.17. The lowest BCUT2D eigenvalue weighted by atomic mass is 9.87. The highest BCUT2D eigenvalue weighted by atomic mass is 32.1. The van der Waals surface area contributed by atoms with Crippen molar-refractivity contribution < 1.29 is 19.1 Å². The second-order valence-electron chi connectivity index (χ2n) is 8.80. The van der Waals surface area contributed by atoms with Crippen LogP contribution in [0.4, 0.5) is 11.4 Å². The number of carbonyl (C=O) groups excluding carboxylic acids is 2. The molecule has 2 amide bonds. The lowest BCUT2D eigenvalue weighted by molar-refractivity contribution is -0.115. The Balaban J connectivity index is 1.85. The zero-order chi connectivity index (χ0) is 24.7. The number of hydrogen-bond donors (Lipinski definition) is 2. The fraction of sp³-hybridized carbons (Fsp3) is 0.333. The molecule has 0 aliphatic carbocycles. The SMILES string of the molecule is CCOc1cc(NC(=O)c2ccc(C(C)(C)C)cc2)c(OCC)cc1NC(=O)Cc1cccs1. The van der Waals surface area contributed by atoms with Crippen molar-refractivity contribution in [3.63, 3.8) is 0 Å². The van der Waals surface area contributed by atoms with Crippen LogP contribution in [0.15, 0.2) is 53.9 Å². The van der Waals surface area contributed by atoms with Crippen molar-refractivity contribution in [2.75, 3.05) is 23.8 Å². The maximum atomic E-state index is 13.0. The van der Waals surface area contributed by atoms with Crippen LogP contribution in [0, 0.1) is 0 Å². The van der Waals surface area contributed by atoms with E-state index < -0.39 is 0 Å². The van der Waals surface area contributed by atoms with Gasteiger partial charge in [-0.25, -0.2) is 0 Å². The van der Waals surface area contributed by atoms with Crippen LogP contribution in [0.5, 0.6) is 11.5 Å². The molecule has 1 heterocycles. The topological polar surface area (TPSA) is 76.7 Å². The maximum absolute atomic E-state index is 13.0. The molecule has 0 radical (unpaired) electrons. The Hall–Kier alpha value is -3.32. The van der Waals surface area contributed by atoms with Gasteiger partial charge < -0.3 is 20.1 Å². The molecule has 1 aromatic heterocycles. The Kier molecular flexibility index (Phi) is 8.34. The van der Waals surface area contributed by atoms with Crippen LogP contribution in [0.25, 0.3) is 0 Å². The monoisotopic (exact) mass is 480 g/mol. The molecule has 3 aromatic rings. The predicted molar refractivity (Wildman–Crippen MR) is 139 cm³/mol. The van der Waals surface area contributed by atoms with E-state index in [0.717, 1.165) is 10.4 Å². The third-order valence-corrected chi connectivity index (χ3v) is 6.01. The van der Waals surface area contributed by atoms with Crippen LogP contribution in [0.3, 0.4) is 0 Å². The van der Waals surface area contributed by atoms with E-state index in [4.69, 9.17) is 9.47 Å². The Bertz CT molecular complexity index is 1120. The molecule has 3 rings (SSSR count). The van der Waals surface area contributed by atoms with E-state index in [1.54, 1.807) is 12.1 Å². The number of benzene rings is 2. The molecule has 0 aliphatic heterocycles. The van der Waals surface area contributed by atoms with Gasteiger partial charge >= 0.3 is 0 Å². The van der Waals surface area contributed by atoms with Gasteiger partial charge in [0.25, 0.3) is 5.91 Å². The molecule has 0 saturated carbocycles. The third-order valence-electron chi connectivity index (χ3n) is 5.13. The van der Waals surface area contributed by atoms with Gasteiger partial charge in [0.05, 0.1) is 31.0 Å². The van der Waals surface area contributed by atoms with Crippen molar-refractivity contribution >= 4 is 34.5 Å². The van der Waals surface area contributed by atoms with Crippen molar-refractivity contribution in [1.82, 2.24) is 0 Å². The van der Waals surface area contributed by atoms with Crippen molar-refractivity contribution in [3.8, 4) is 11.5 Å². The number of ether oxygens (including phenoxy) is 2. The number of thiophene rings is 1. The Morgan fingerprint density at radius 2 is 1.47 bits per heavy atom. The minimum atomic E-state index is -0.252. The largest absolute Gasteiger partial charge is 0.492 e. The van der Waals surface area contributed by atoms with Crippen molar-refractivity contribution in [3.05, 3.63) is 69.9 Å². The van der Waals surface area contributed by atoms with Crippen molar-refractivity contribution in [1.29, 1.82) is 0 Å². The van der Waals surface area contributed by atoms with Crippen LogP contribution in [-0.2, 0) is 16.6 Å². The summed E-state index contributed by atoms with van der Waals surface area (Å²) in [4.78, 5) is 26.5. The van der Waals surface area contributed by atoms with E-state index in [0.29, 0.717) is 41.7 Å². The third kappa shape index (κ3) is 6.60. The molecular weight excluding hydrogens is 448 g/mol. The smallest absolute Gasteiger partial charge is 0.255 e. The van der Waals surface area contributed by atoms with Crippen LogP contribution >= 0.6 is 11.3 Å². The van der Waals surface area contributed by atoms with E-state index in [-0.39, 0.29) is 23.7 Å². The minimum absolute atomic E-state index is 0.00724. The lowest BCUT2D eigenvalue weighted by Gasteiger charge is -2.19. The molecule has 0 bridgehead atoms. The summed E-state index contributed by atoms with van der Waals surface area (Å²) in [5.41, 5.74) is 2.68. The number of nitrogens with one attached hydrogen (secondary N) is 2. The van der Waals surface area contributed by atoms with Gasteiger partial charge in [0.2, 0.25) is 5.91 Å². The zero-order valence-corrected chi connectivity index (χ0v) is 21.2. The first kappa shape index (κ1) is 25.3. The van der Waals surface area contributed by atoms with Crippen LogP contribution < -0.4 is 20.1 Å². The molecule has 2 N–H and O–H groups in total. The van der Waals surface area contributed by atoms with Crippen LogP contribution in [0.1, 0.15) is 55.4 Å². The summed E-state index contributed by atoms with van der Waals surface area (Å²) in [6.45, 7) is 10.9. The van der Waals surface area contributed by atoms with Gasteiger partial charge in [0.1, 0.15) is 11.5 Å². The van der Waals surface area contributed by atoms with Gasteiger partial charge in [-0.15, -0.1) is 11.3 Å². The van der Waals surface area contributed by atoms with Gasteiger partial charge in [0, 0.05) is 22.6 Å². The van der Waals surface area contributed by atoms with E-state index in [9.17, 15) is 9.59 Å². The molecule has 0 atom stereocenters. The number of carbonyl (C=O) groups is 2. The van der Waals surface area contributed by atoms with Crippen molar-refractivity contribution in [2.24, 2.45) is 0 Å². The molecule has 7 heteroatoms. The number of anilines is 2. The number of rotatable bonds is 9. The molecule has 0 unspecified atom stereocenters. The highest BCUT2D eigenvalue weighted by Gasteiger charge is 2.18. The molecule has 180 valence electrons. The quantitative estimate of drug-likeness (QED) is 0.378. The Labute approximate surface area is 205 Å². The first-order valence-electron chi connectivity index (χ1n) is 11.4. The molecule has 2 aromatic carbocycles. The maximum Gasteiger partial charge on any atom is 0.255 e. The standard InChI is InChI=1S/C27H32N2O4S/c1-6-32-23-17-22(29-26(31)18-10-12-19(13-11-18)27(3,4)5)24(33-7-2)16-21(23)28-25(30)15-20-9-8-14-34-20/h8-14,16-17H,6-7,15H2,1-5H3,(H,28,30)(H,29,31). The summed E-state index contributed by atoms with van der Waals surface area (Å²) < 4.78 is 11.5. The molecule has 0 fully saturated rings. The second-order valence-corrected chi connectivity index (χ2v) is 9.83. The summed E-state index contributed by atoms with van der Waals surface area (Å²) in [6, 6.07) is 14.8. The average Bonchev–Trinajstić information content (AvgIpc) is 3.29. The summed E-state index contributed by atoms with van der Waals surface area (Å²) in [5, 5.41) is 7.79. The fourth-order valence-electron chi connectivity index (χ4n) is 3.39. The summed E-state index contributed by atoms with van der Waals surface area (Å²) in [6.07, 6.45) is 0.274. The minimum Gasteiger partial charge on any atom is -0.492 e. The van der Waals surface area contributed by atoms with Crippen LogP contribution in [-0.4, -0.2) is 25.0 Å². The van der Waals surface area contributed by atoms with Crippen molar-refractivity contribution in [2.45, 2.75) is 46.5 Å². The molecule has 6 nitrogen and oxygen atoms in total. The average molecular weight is 481 g/mol. The highest BCUT2D eigenvalue weighted by Crippen LogP contribution is 2.37. The van der Waals surface area contributed by atoms with E-state index in [1.807, 2.05) is 55.6 Å². The molecule has 34 heavy (non-hydrogen) atoms. The molecular formula is C27H32N2O4S. The Morgan fingerprint density at radius 3 is 1.97 bits per heavy atom. The first-order chi connectivity index (χ1) is 16.2. The van der Waals surface area contributed by atoms with E-state index in [2.05, 4.69) is 31.4 Å². The van der Waals surface area contributed by atoms with Crippen LogP contribution in [0.2, 0.25) is 0 Å². The highest BCUT2D eigenvalue weighted by molar-refractivity contribution is 7.10. The van der Waals surface area contributed by atoms with E-state index in [1.165, 1.54) is 11.3 Å². The fourth-order valence-corrected chi connectivity index (χ4v) is 4.09. The summed E-state index contributed by atoms with van der Waals surface area (Å²) in [5.74, 6) is 0.515. The summed E-state index contributed by atoms with van der Waals surface area (Å²) >= 11 is 1.53. The van der Waals surface area contributed by atoms with Gasteiger partial charge in [-0.2, -0.15) is 0 Å². The van der Waals surface area contributed by atoms with Gasteiger partial charge in [-0.05, 0) is 48.4 Å². The normalized spacial score (nSPS) is 11.1. The predicted octanol–water partition coefficient (Wildman–Crippen LogP) is 6.28. The number of hydrogen-bond acceptors (Lipinski definition) is 5.